The van der Waals surface area contributed by atoms with Crippen molar-refractivity contribution in [1.29, 1.82) is 0 Å². The monoisotopic (exact) mass is 299 g/mol. The van der Waals surface area contributed by atoms with Crippen LogP contribution in [0.25, 0.3) is 10.9 Å². The maximum absolute atomic E-state index is 11.8. The molecule has 106 valence electrons. The molecule has 1 aromatic carbocycles. The van der Waals surface area contributed by atoms with Gasteiger partial charge in [0.1, 0.15) is 5.00 Å². The molecule has 0 atom stereocenters. The number of para-hydroxylation sites is 1. The van der Waals surface area contributed by atoms with Crippen LogP contribution < -0.4 is 5.32 Å². The third kappa shape index (κ3) is 2.85. The van der Waals surface area contributed by atoms with Gasteiger partial charge in [-0.2, -0.15) is 0 Å². The van der Waals surface area contributed by atoms with E-state index in [1.807, 2.05) is 30.3 Å². The van der Waals surface area contributed by atoms with E-state index < -0.39 is 5.97 Å². The molecule has 3 aromatic rings. The minimum atomic E-state index is -0.421. The fourth-order valence-corrected chi connectivity index (χ4v) is 2.64. The molecular formula is C15H13N3O2S. The van der Waals surface area contributed by atoms with Crippen molar-refractivity contribution in [2.75, 3.05) is 11.9 Å². The van der Waals surface area contributed by atoms with Crippen LogP contribution in [0.2, 0.25) is 0 Å². The molecule has 6 heteroatoms. The zero-order valence-corrected chi connectivity index (χ0v) is 12.2. The zero-order valence-electron chi connectivity index (χ0n) is 11.4. The molecule has 0 saturated carbocycles. The lowest BCUT2D eigenvalue weighted by molar-refractivity contribution is 0.0521. The second-order valence-corrected chi connectivity index (χ2v) is 5.15. The number of carbonyl (C=O) groups excluding carboxylic acids is 1. The second kappa shape index (κ2) is 5.88. The molecule has 3 rings (SSSR count). The van der Waals surface area contributed by atoms with E-state index in [4.69, 9.17) is 4.74 Å². The zero-order chi connectivity index (χ0) is 14.7. The predicted molar refractivity (Wildman–Crippen MR) is 83.1 cm³/mol. The molecule has 2 aromatic heterocycles. The first-order chi connectivity index (χ1) is 10.3. The molecule has 0 spiro atoms. The van der Waals surface area contributed by atoms with Gasteiger partial charge in [0.15, 0.2) is 5.69 Å². The van der Waals surface area contributed by atoms with E-state index in [0.29, 0.717) is 17.3 Å². The van der Waals surface area contributed by atoms with Crippen LogP contribution in [0.15, 0.2) is 42.0 Å². The summed E-state index contributed by atoms with van der Waals surface area (Å²) >= 11 is 1.35. The summed E-state index contributed by atoms with van der Waals surface area (Å²) in [4.78, 5) is 20.2. The number of benzene rings is 1. The topological polar surface area (TPSA) is 64.1 Å². The lowest BCUT2D eigenvalue weighted by atomic mass is 10.2. The molecule has 0 aliphatic carbocycles. The van der Waals surface area contributed by atoms with Crippen LogP contribution in [0.5, 0.6) is 0 Å². The van der Waals surface area contributed by atoms with E-state index >= 15 is 0 Å². The molecule has 2 heterocycles. The van der Waals surface area contributed by atoms with Crippen molar-refractivity contribution in [1.82, 2.24) is 9.97 Å². The van der Waals surface area contributed by atoms with Crippen molar-refractivity contribution >= 4 is 38.9 Å². The number of aromatic nitrogens is 2. The molecular weight excluding hydrogens is 286 g/mol. The van der Waals surface area contributed by atoms with Crippen molar-refractivity contribution < 1.29 is 9.53 Å². The lowest BCUT2D eigenvalue weighted by Gasteiger charge is -2.06. The van der Waals surface area contributed by atoms with Crippen LogP contribution in [-0.2, 0) is 4.74 Å². The summed E-state index contributed by atoms with van der Waals surface area (Å²) in [6, 6.07) is 9.84. The average Bonchev–Trinajstić information content (AvgIpc) is 2.95. The van der Waals surface area contributed by atoms with E-state index in [1.165, 1.54) is 11.3 Å². The maximum Gasteiger partial charge on any atom is 0.360 e. The van der Waals surface area contributed by atoms with Crippen molar-refractivity contribution in [3.63, 3.8) is 0 Å². The van der Waals surface area contributed by atoms with Gasteiger partial charge >= 0.3 is 5.97 Å². The van der Waals surface area contributed by atoms with Gasteiger partial charge in [0.05, 0.1) is 29.5 Å². The summed E-state index contributed by atoms with van der Waals surface area (Å²) in [7, 11) is 0. The molecule has 0 unspecified atom stereocenters. The van der Waals surface area contributed by atoms with Gasteiger partial charge in [-0.05, 0) is 19.1 Å². The lowest BCUT2D eigenvalue weighted by Crippen LogP contribution is -2.07. The van der Waals surface area contributed by atoms with Crippen LogP contribution in [0.3, 0.4) is 0 Å². The van der Waals surface area contributed by atoms with Crippen molar-refractivity contribution in [3.05, 3.63) is 47.7 Å². The molecule has 0 amide bonds. The van der Waals surface area contributed by atoms with Gasteiger partial charge in [-0.25, -0.2) is 9.78 Å². The summed E-state index contributed by atoms with van der Waals surface area (Å²) < 4.78 is 4.98. The van der Waals surface area contributed by atoms with Crippen LogP contribution >= 0.6 is 11.3 Å². The maximum atomic E-state index is 11.8. The molecule has 1 N–H and O–H groups in total. The highest BCUT2D eigenvalue weighted by Crippen LogP contribution is 2.26. The minimum absolute atomic E-state index is 0.301. The number of pyridine rings is 1. The van der Waals surface area contributed by atoms with Crippen LogP contribution in [0, 0.1) is 0 Å². The summed E-state index contributed by atoms with van der Waals surface area (Å²) in [6.07, 6.45) is 1.73. The second-order valence-electron chi connectivity index (χ2n) is 4.29. The van der Waals surface area contributed by atoms with E-state index in [1.54, 1.807) is 18.6 Å². The number of nitrogens with zero attached hydrogens (tertiary/aromatic N) is 2. The van der Waals surface area contributed by atoms with Gasteiger partial charge in [-0.1, -0.05) is 18.2 Å². The van der Waals surface area contributed by atoms with Crippen LogP contribution in [-0.4, -0.2) is 22.5 Å². The number of nitrogens with one attached hydrogen (secondary N) is 1. The van der Waals surface area contributed by atoms with Gasteiger partial charge in [-0.15, -0.1) is 11.3 Å². The Hall–Kier alpha value is -2.47. The van der Waals surface area contributed by atoms with Gasteiger partial charge in [-0.3, -0.25) is 4.98 Å². The van der Waals surface area contributed by atoms with Crippen LogP contribution in [0.1, 0.15) is 17.4 Å². The Bertz CT molecular complexity index is 785. The smallest absolute Gasteiger partial charge is 0.360 e. The number of ether oxygens (including phenoxy) is 1. The quantitative estimate of drug-likeness (QED) is 0.746. The molecule has 0 aliphatic heterocycles. The normalized spacial score (nSPS) is 10.5. The summed E-state index contributed by atoms with van der Waals surface area (Å²) in [5.41, 5.74) is 3.65. The fraction of sp³-hybridized carbons (Fsp3) is 0.133. The SMILES string of the molecule is CCOC(=O)c1ncsc1Nc1cnc2ccccc2c1. The Morgan fingerprint density at radius 2 is 2.19 bits per heavy atom. The van der Waals surface area contributed by atoms with E-state index in [2.05, 4.69) is 15.3 Å². The van der Waals surface area contributed by atoms with Crippen molar-refractivity contribution in [2.24, 2.45) is 0 Å². The number of rotatable bonds is 4. The summed E-state index contributed by atoms with van der Waals surface area (Å²) in [6.45, 7) is 2.10. The standard InChI is InChI=1S/C15H13N3O2S/c1-2-20-15(19)13-14(21-9-17-13)18-11-7-10-5-3-4-6-12(10)16-8-11/h3-9,18H,2H2,1H3. The van der Waals surface area contributed by atoms with E-state index in [9.17, 15) is 4.79 Å². The first-order valence-corrected chi connectivity index (χ1v) is 7.38. The molecule has 0 fully saturated rings. The minimum Gasteiger partial charge on any atom is -0.461 e. The molecule has 0 saturated heterocycles. The highest BCUT2D eigenvalue weighted by Gasteiger charge is 2.16. The number of carbonyl (C=O) groups is 1. The van der Waals surface area contributed by atoms with Gasteiger partial charge in [0, 0.05) is 5.39 Å². The van der Waals surface area contributed by atoms with E-state index in [0.717, 1.165) is 16.6 Å². The number of hydrogen-bond acceptors (Lipinski definition) is 6. The first-order valence-electron chi connectivity index (χ1n) is 6.50. The fourth-order valence-electron chi connectivity index (χ4n) is 1.95. The van der Waals surface area contributed by atoms with Gasteiger partial charge < -0.3 is 10.1 Å². The van der Waals surface area contributed by atoms with Crippen LogP contribution in [0.4, 0.5) is 10.7 Å². The number of hydrogen-bond donors (Lipinski definition) is 1. The Balaban J connectivity index is 1.88. The number of thiazole rings is 1. The third-order valence-electron chi connectivity index (χ3n) is 2.88. The number of fused-ring (bicyclic) bond motifs is 1. The first kappa shape index (κ1) is 13.5. The number of esters is 1. The number of anilines is 2. The Labute approximate surface area is 125 Å². The van der Waals surface area contributed by atoms with Crippen molar-refractivity contribution in [2.45, 2.75) is 6.92 Å². The molecule has 21 heavy (non-hydrogen) atoms. The largest absolute Gasteiger partial charge is 0.461 e. The molecule has 0 aliphatic rings. The summed E-state index contributed by atoms with van der Waals surface area (Å²) in [5, 5.41) is 4.87. The predicted octanol–water partition coefficient (Wildman–Crippen LogP) is 3.61. The van der Waals surface area contributed by atoms with Gasteiger partial charge in [0.2, 0.25) is 0 Å². The van der Waals surface area contributed by atoms with Crippen molar-refractivity contribution in [3.8, 4) is 0 Å². The average molecular weight is 299 g/mol. The molecule has 0 bridgehead atoms. The highest BCUT2D eigenvalue weighted by atomic mass is 32.1. The molecule has 5 nitrogen and oxygen atoms in total. The Morgan fingerprint density at radius 1 is 1.33 bits per heavy atom. The summed E-state index contributed by atoms with van der Waals surface area (Å²) in [5.74, 6) is -0.421. The highest BCUT2D eigenvalue weighted by molar-refractivity contribution is 7.14. The molecule has 0 radical (unpaired) electrons. The Morgan fingerprint density at radius 3 is 3.05 bits per heavy atom. The Kier molecular flexibility index (Phi) is 3.79. The van der Waals surface area contributed by atoms with Gasteiger partial charge in [0.25, 0.3) is 0 Å². The van der Waals surface area contributed by atoms with E-state index in [-0.39, 0.29) is 0 Å². The third-order valence-corrected chi connectivity index (χ3v) is 3.63.